The minimum absolute atomic E-state index is 0.0511. The van der Waals surface area contributed by atoms with Crippen LogP contribution in [0, 0.1) is 11.8 Å². The number of carbonyl (C=O) groups is 2. The van der Waals surface area contributed by atoms with Crippen molar-refractivity contribution in [1.82, 2.24) is 4.90 Å². The summed E-state index contributed by atoms with van der Waals surface area (Å²) in [7, 11) is 0. The van der Waals surface area contributed by atoms with E-state index in [9.17, 15) is 9.59 Å². The molecule has 0 aromatic heterocycles. The van der Waals surface area contributed by atoms with Gasteiger partial charge in [-0.1, -0.05) is 36.8 Å². The normalized spacial score (nSPS) is 25.5. The summed E-state index contributed by atoms with van der Waals surface area (Å²) in [6.45, 7) is 1.40. The minimum Gasteiger partial charge on any atom is -0.343 e. The highest BCUT2D eigenvalue weighted by molar-refractivity contribution is 5.98. The van der Waals surface area contributed by atoms with Gasteiger partial charge in [0.1, 0.15) is 0 Å². The number of hydrogen-bond donors (Lipinski definition) is 1. The number of benzene rings is 1. The van der Waals surface area contributed by atoms with Crippen molar-refractivity contribution >= 4 is 11.7 Å². The largest absolute Gasteiger partial charge is 0.343 e. The highest BCUT2D eigenvalue weighted by atomic mass is 16.2. The standard InChI is InChI=1S/C19H26N2O2/c20-17-8-4-7-16(17)13-18(22)21-11-9-15(10-12-21)19(23)14-5-2-1-3-6-14/h1-3,5-6,15-17H,4,7-13,20H2/t16-,17+/m0/s1. The summed E-state index contributed by atoms with van der Waals surface area (Å²) in [6, 6.07) is 9.67. The van der Waals surface area contributed by atoms with Gasteiger partial charge in [-0.2, -0.15) is 0 Å². The second kappa shape index (κ2) is 7.26. The summed E-state index contributed by atoms with van der Waals surface area (Å²) in [4.78, 5) is 26.8. The van der Waals surface area contributed by atoms with Gasteiger partial charge in [-0.3, -0.25) is 9.59 Å². The van der Waals surface area contributed by atoms with Gasteiger partial charge in [-0.05, 0) is 31.6 Å². The van der Waals surface area contributed by atoms with Crippen LogP contribution >= 0.6 is 0 Å². The number of piperidine rings is 1. The lowest BCUT2D eigenvalue weighted by atomic mass is 9.88. The second-order valence-corrected chi connectivity index (χ2v) is 6.94. The van der Waals surface area contributed by atoms with Gasteiger partial charge in [-0.15, -0.1) is 0 Å². The second-order valence-electron chi connectivity index (χ2n) is 6.94. The molecule has 1 saturated heterocycles. The lowest BCUT2D eigenvalue weighted by molar-refractivity contribution is -0.133. The number of hydrogen-bond acceptors (Lipinski definition) is 3. The van der Waals surface area contributed by atoms with Crippen LogP contribution in [0.3, 0.4) is 0 Å². The molecule has 1 saturated carbocycles. The Morgan fingerprint density at radius 2 is 1.74 bits per heavy atom. The molecule has 1 aromatic rings. The van der Waals surface area contributed by atoms with Crippen LogP contribution in [0.25, 0.3) is 0 Å². The number of carbonyl (C=O) groups excluding carboxylic acids is 2. The molecule has 3 rings (SSSR count). The molecule has 23 heavy (non-hydrogen) atoms. The zero-order valence-electron chi connectivity index (χ0n) is 13.6. The van der Waals surface area contributed by atoms with Crippen LogP contribution in [0.2, 0.25) is 0 Å². The van der Waals surface area contributed by atoms with Crippen molar-refractivity contribution in [2.75, 3.05) is 13.1 Å². The first-order chi connectivity index (χ1) is 11.1. The molecule has 1 amide bonds. The molecular formula is C19H26N2O2. The van der Waals surface area contributed by atoms with Gasteiger partial charge in [0.15, 0.2) is 5.78 Å². The zero-order chi connectivity index (χ0) is 16.2. The Morgan fingerprint density at radius 1 is 1.04 bits per heavy atom. The number of likely N-dealkylation sites (tertiary alicyclic amines) is 1. The lowest BCUT2D eigenvalue weighted by Crippen LogP contribution is -2.41. The van der Waals surface area contributed by atoms with Gasteiger partial charge in [0, 0.05) is 37.0 Å². The molecule has 2 N–H and O–H groups in total. The Kier molecular flexibility index (Phi) is 5.11. The van der Waals surface area contributed by atoms with E-state index in [1.807, 2.05) is 35.2 Å². The van der Waals surface area contributed by atoms with E-state index in [1.165, 1.54) is 0 Å². The van der Waals surface area contributed by atoms with E-state index in [0.29, 0.717) is 25.4 Å². The topological polar surface area (TPSA) is 63.4 Å². The molecule has 0 spiro atoms. The monoisotopic (exact) mass is 314 g/mol. The van der Waals surface area contributed by atoms with Gasteiger partial charge < -0.3 is 10.6 Å². The average Bonchev–Trinajstić information content (AvgIpc) is 3.00. The van der Waals surface area contributed by atoms with Crippen molar-refractivity contribution in [2.24, 2.45) is 17.6 Å². The molecular weight excluding hydrogens is 288 g/mol. The summed E-state index contributed by atoms with van der Waals surface area (Å²) >= 11 is 0. The van der Waals surface area contributed by atoms with Gasteiger partial charge in [0.25, 0.3) is 0 Å². The van der Waals surface area contributed by atoms with E-state index in [0.717, 1.165) is 37.7 Å². The fourth-order valence-corrected chi connectivity index (χ4v) is 3.90. The Balaban J connectivity index is 1.50. The summed E-state index contributed by atoms with van der Waals surface area (Å²) in [6.07, 6.45) is 5.40. The maximum atomic E-state index is 12.5. The van der Waals surface area contributed by atoms with E-state index in [4.69, 9.17) is 5.73 Å². The first kappa shape index (κ1) is 16.2. The third kappa shape index (κ3) is 3.81. The number of rotatable bonds is 4. The maximum absolute atomic E-state index is 12.5. The van der Waals surface area contributed by atoms with Crippen molar-refractivity contribution < 1.29 is 9.59 Å². The number of amides is 1. The van der Waals surface area contributed by atoms with Crippen molar-refractivity contribution in [2.45, 2.75) is 44.6 Å². The fourth-order valence-electron chi connectivity index (χ4n) is 3.90. The van der Waals surface area contributed by atoms with Gasteiger partial charge in [0.05, 0.1) is 0 Å². The van der Waals surface area contributed by atoms with Crippen LogP contribution in [0.5, 0.6) is 0 Å². The zero-order valence-corrected chi connectivity index (χ0v) is 13.6. The quantitative estimate of drug-likeness (QED) is 0.869. The molecule has 2 fully saturated rings. The molecule has 124 valence electrons. The molecule has 2 atom stereocenters. The third-order valence-corrected chi connectivity index (χ3v) is 5.43. The van der Waals surface area contributed by atoms with Crippen LogP contribution in [-0.2, 0) is 4.79 Å². The fraction of sp³-hybridized carbons (Fsp3) is 0.579. The lowest BCUT2D eigenvalue weighted by Gasteiger charge is -2.32. The SMILES string of the molecule is N[C@@H]1CCC[C@H]1CC(=O)N1CCC(C(=O)c2ccccc2)CC1. The summed E-state index contributed by atoms with van der Waals surface area (Å²) in [5.41, 5.74) is 6.85. The van der Waals surface area contributed by atoms with E-state index in [1.54, 1.807) is 0 Å². The minimum atomic E-state index is 0.0511. The highest BCUT2D eigenvalue weighted by Gasteiger charge is 2.31. The number of nitrogens with two attached hydrogens (primary N) is 1. The Bertz CT molecular complexity index is 550. The molecule has 0 bridgehead atoms. The van der Waals surface area contributed by atoms with Crippen LogP contribution in [0.4, 0.5) is 0 Å². The van der Waals surface area contributed by atoms with Gasteiger partial charge >= 0.3 is 0 Å². The molecule has 1 aromatic carbocycles. The molecule has 1 heterocycles. The molecule has 1 aliphatic heterocycles. The van der Waals surface area contributed by atoms with E-state index < -0.39 is 0 Å². The van der Waals surface area contributed by atoms with Gasteiger partial charge in [-0.25, -0.2) is 0 Å². The third-order valence-electron chi connectivity index (χ3n) is 5.43. The van der Waals surface area contributed by atoms with E-state index >= 15 is 0 Å². The Hall–Kier alpha value is -1.68. The van der Waals surface area contributed by atoms with Crippen LogP contribution in [-0.4, -0.2) is 35.7 Å². The molecule has 4 nitrogen and oxygen atoms in total. The van der Waals surface area contributed by atoms with Gasteiger partial charge in [0.2, 0.25) is 5.91 Å². The van der Waals surface area contributed by atoms with Crippen molar-refractivity contribution in [3.8, 4) is 0 Å². The predicted molar refractivity (Wildman–Crippen MR) is 90.0 cm³/mol. The van der Waals surface area contributed by atoms with Crippen LogP contribution in [0.1, 0.15) is 48.9 Å². The Labute approximate surface area is 138 Å². The highest BCUT2D eigenvalue weighted by Crippen LogP contribution is 2.28. The number of ketones is 1. The van der Waals surface area contributed by atoms with Crippen molar-refractivity contribution in [3.05, 3.63) is 35.9 Å². The molecule has 1 aliphatic carbocycles. The average molecular weight is 314 g/mol. The van der Waals surface area contributed by atoms with Crippen molar-refractivity contribution in [3.63, 3.8) is 0 Å². The summed E-state index contributed by atoms with van der Waals surface area (Å²) < 4.78 is 0. The summed E-state index contributed by atoms with van der Waals surface area (Å²) in [5.74, 6) is 0.842. The first-order valence-electron chi connectivity index (χ1n) is 8.78. The maximum Gasteiger partial charge on any atom is 0.222 e. The smallest absolute Gasteiger partial charge is 0.222 e. The molecule has 0 radical (unpaired) electrons. The van der Waals surface area contributed by atoms with Crippen molar-refractivity contribution in [1.29, 1.82) is 0 Å². The molecule has 0 unspecified atom stereocenters. The number of Topliss-reactive ketones (excluding diaryl/α,β-unsaturated/α-hetero) is 1. The molecule has 4 heteroatoms. The summed E-state index contributed by atoms with van der Waals surface area (Å²) in [5, 5.41) is 0. The predicted octanol–water partition coefficient (Wildman–Crippen LogP) is 2.63. The first-order valence-corrected chi connectivity index (χ1v) is 8.78. The number of nitrogens with zero attached hydrogens (tertiary/aromatic N) is 1. The molecule has 2 aliphatic rings. The van der Waals surface area contributed by atoms with Crippen LogP contribution < -0.4 is 5.73 Å². The Morgan fingerprint density at radius 3 is 2.35 bits per heavy atom. The van der Waals surface area contributed by atoms with E-state index in [-0.39, 0.29) is 23.7 Å². The van der Waals surface area contributed by atoms with E-state index in [2.05, 4.69) is 0 Å². The van der Waals surface area contributed by atoms with Crippen LogP contribution in [0.15, 0.2) is 30.3 Å².